The number of likely N-dealkylation sites (N-methyl/N-ethyl adjacent to an activating group) is 1. The van der Waals surface area contributed by atoms with Crippen LogP contribution in [0, 0.1) is 0 Å². The van der Waals surface area contributed by atoms with Gasteiger partial charge in [-0.1, -0.05) is 5.16 Å². The van der Waals surface area contributed by atoms with E-state index >= 15 is 0 Å². The van der Waals surface area contributed by atoms with Crippen LogP contribution in [0.2, 0.25) is 0 Å². The van der Waals surface area contributed by atoms with Crippen LogP contribution in [0.4, 0.5) is 0 Å². The van der Waals surface area contributed by atoms with Gasteiger partial charge in [-0.2, -0.15) is 0 Å². The highest BCUT2D eigenvalue weighted by Gasteiger charge is 2.30. The summed E-state index contributed by atoms with van der Waals surface area (Å²) in [6.07, 6.45) is 0.343. The standard InChI is InChI=1S/C10H21N3O3/c1-5-13(7-6-8(11)12-15)9(14)10(2,3)16-4/h15H,5-7H2,1-4H3,(H2,11,12). The highest BCUT2D eigenvalue weighted by atomic mass is 16.5. The molecule has 0 spiro atoms. The molecule has 0 saturated carbocycles. The van der Waals surface area contributed by atoms with E-state index in [9.17, 15) is 4.79 Å². The van der Waals surface area contributed by atoms with Crippen LogP contribution in [0.15, 0.2) is 5.16 Å². The number of rotatable bonds is 6. The third-order valence-corrected chi connectivity index (χ3v) is 2.46. The van der Waals surface area contributed by atoms with Crippen molar-refractivity contribution in [3.05, 3.63) is 0 Å². The number of amides is 1. The predicted octanol–water partition coefficient (Wildman–Crippen LogP) is 0.396. The van der Waals surface area contributed by atoms with Gasteiger partial charge in [0.15, 0.2) is 0 Å². The minimum Gasteiger partial charge on any atom is -0.409 e. The number of hydrogen-bond donors (Lipinski definition) is 2. The zero-order valence-electron chi connectivity index (χ0n) is 10.4. The van der Waals surface area contributed by atoms with Crippen LogP contribution < -0.4 is 5.73 Å². The summed E-state index contributed by atoms with van der Waals surface area (Å²) in [5.74, 6) is 0.00436. The fourth-order valence-corrected chi connectivity index (χ4v) is 1.17. The lowest BCUT2D eigenvalue weighted by Crippen LogP contribution is -2.47. The average molecular weight is 231 g/mol. The normalized spacial score (nSPS) is 12.6. The second-order valence-corrected chi connectivity index (χ2v) is 3.94. The molecule has 0 aromatic rings. The van der Waals surface area contributed by atoms with E-state index in [0.29, 0.717) is 19.5 Å². The van der Waals surface area contributed by atoms with Gasteiger partial charge in [-0.25, -0.2) is 0 Å². The highest BCUT2D eigenvalue weighted by Crippen LogP contribution is 2.12. The lowest BCUT2D eigenvalue weighted by Gasteiger charge is -2.30. The molecule has 0 aromatic heterocycles. The molecule has 3 N–H and O–H groups in total. The Hall–Kier alpha value is -1.30. The predicted molar refractivity (Wildman–Crippen MR) is 61.4 cm³/mol. The Morgan fingerprint density at radius 1 is 1.56 bits per heavy atom. The van der Waals surface area contributed by atoms with Crippen LogP contribution in [0.5, 0.6) is 0 Å². The Morgan fingerprint density at radius 2 is 2.12 bits per heavy atom. The minimum atomic E-state index is -0.846. The molecular weight excluding hydrogens is 210 g/mol. The Labute approximate surface area is 96.0 Å². The SMILES string of the molecule is CCN(CCC(N)=NO)C(=O)C(C)(C)OC. The third-order valence-electron chi connectivity index (χ3n) is 2.46. The highest BCUT2D eigenvalue weighted by molar-refractivity contribution is 5.85. The molecular formula is C10H21N3O3. The number of nitrogens with two attached hydrogens (primary N) is 1. The first-order valence-electron chi connectivity index (χ1n) is 5.20. The molecule has 0 heterocycles. The molecule has 16 heavy (non-hydrogen) atoms. The molecule has 0 aliphatic heterocycles. The number of oxime groups is 1. The molecule has 0 bridgehead atoms. The van der Waals surface area contributed by atoms with Crippen molar-refractivity contribution in [1.29, 1.82) is 0 Å². The van der Waals surface area contributed by atoms with Gasteiger partial charge in [0.1, 0.15) is 11.4 Å². The maximum atomic E-state index is 12.0. The second kappa shape index (κ2) is 6.32. The second-order valence-electron chi connectivity index (χ2n) is 3.94. The van der Waals surface area contributed by atoms with Crippen molar-refractivity contribution in [2.24, 2.45) is 10.9 Å². The number of carbonyl (C=O) groups is 1. The monoisotopic (exact) mass is 231 g/mol. The van der Waals surface area contributed by atoms with E-state index in [1.54, 1.807) is 18.7 Å². The Kier molecular flexibility index (Phi) is 5.81. The van der Waals surface area contributed by atoms with E-state index < -0.39 is 5.60 Å². The molecule has 0 rings (SSSR count). The summed E-state index contributed by atoms with van der Waals surface area (Å²) in [5.41, 5.74) is 4.50. The van der Waals surface area contributed by atoms with Gasteiger partial charge in [-0.15, -0.1) is 0 Å². The van der Waals surface area contributed by atoms with E-state index in [4.69, 9.17) is 15.7 Å². The Bertz CT molecular complexity index is 264. The van der Waals surface area contributed by atoms with Crippen molar-refractivity contribution < 1.29 is 14.7 Å². The number of hydrogen-bond acceptors (Lipinski definition) is 4. The summed E-state index contributed by atoms with van der Waals surface area (Å²) in [4.78, 5) is 13.6. The summed E-state index contributed by atoms with van der Waals surface area (Å²) < 4.78 is 5.11. The zero-order valence-corrected chi connectivity index (χ0v) is 10.4. The molecule has 94 valence electrons. The van der Waals surface area contributed by atoms with Gasteiger partial charge in [-0.3, -0.25) is 4.79 Å². The minimum absolute atomic E-state index is 0.108. The largest absolute Gasteiger partial charge is 0.409 e. The van der Waals surface area contributed by atoms with Gasteiger partial charge < -0.3 is 20.6 Å². The molecule has 6 heteroatoms. The van der Waals surface area contributed by atoms with E-state index in [2.05, 4.69) is 5.16 Å². The maximum absolute atomic E-state index is 12.0. The van der Waals surface area contributed by atoms with Gasteiger partial charge in [-0.05, 0) is 20.8 Å². The van der Waals surface area contributed by atoms with Crippen LogP contribution in [0.25, 0.3) is 0 Å². The van der Waals surface area contributed by atoms with E-state index in [0.717, 1.165) is 0 Å². The third kappa shape index (κ3) is 4.06. The van der Waals surface area contributed by atoms with Crippen LogP contribution in [-0.4, -0.2) is 47.7 Å². The van der Waals surface area contributed by atoms with Crippen LogP contribution in [0.1, 0.15) is 27.2 Å². The van der Waals surface area contributed by atoms with Gasteiger partial charge in [0, 0.05) is 26.6 Å². The van der Waals surface area contributed by atoms with Crippen molar-refractivity contribution in [2.45, 2.75) is 32.8 Å². The molecule has 0 aromatic carbocycles. The Morgan fingerprint density at radius 3 is 2.50 bits per heavy atom. The maximum Gasteiger partial charge on any atom is 0.254 e. The number of carbonyl (C=O) groups excluding carboxylic acids is 1. The molecule has 0 radical (unpaired) electrons. The number of nitrogens with zero attached hydrogens (tertiary/aromatic N) is 2. The first kappa shape index (κ1) is 14.7. The molecule has 0 aliphatic carbocycles. The topological polar surface area (TPSA) is 88.1 Å². The molecule has 6 nitrogen and oxygen atoms in total. The quantitative estimate of drug-likeness (QED) is 0.300. The molecule has 0 fully saturated rings. The fraction of sp³-hybridized carbons (Fsp3) is 0.800. The van der Waals surface area contributed by atoms with Crippen LogP contribution >= 0.6 is 0 Å². The van der Waals surface area contributed by atoms with Gasteiger partial charge in [0.05, 0.1) is 0 Å². The average Bonchev–Trinajstić information content (AvgIpc) is 2.29. The van der Waals surface area contributed by atoms with Gasteiger partial charge >= 0.3 is 0 Å². The fourth-order valence-electron chi connectivity index (χ4n) is 1.17. The summed E-state index contributed by atoms with van der Waals surface area (Å²) in [6.45, 7) is 6.27. The Balaban J connectivity index is 4.45. The number of amidine groups is 1. The molecule has 0 aliphatic rings. The molecule has 1 amide bonds. The lowest BCUT2D eigenvalue weighted by molar-refractivity contribution is -0.150. The smallest absolute Gasteiger partial charge is 0.254 e. The van der Waals surface area contributed by atoms with E-state index in [1.165, 1.54) is 7.11 Å². The van der Waals surface area contributed by atoms with Crippen molar-refractivity contribution >= 4 is 11.7 Å². The number of ether oxygens (including phenoxy) is 1. The first-order chi connectivity index (χ1) is 7.38. The molecule has 0 unspecified atom stereocenters. The van der Waals surface area contributed by atoms with E-state index in [-0.39, 0.29) is 11.7 Å². The molecule has 0 saturated heterocycles. The van der Waals surface area contributed by atoms with Crippen LogP contribution in [0.3, 0.4) is 0 Å². The summed E-state index contributed by atoms with van der Waals surface area (Å²) in [7, 11) is 1.50. The summed E-state index contributed by atoms with van der Waals surface area (Å²) in [5, 5.41) is 11.3. The zero-order chi connectivity index (χ0) is 12.8. The van der Waals surface area contributed by atoms with Gasteiger partial charge in [0.25, 0.3) is 5.91 Å². The molecule has 0 atom stereocenters. The summed E-state index contributed by atoms with van der Waals surface area (Å²) >= 11 is 0. The van der Waals surface area contributed by atoms with E-state index in [1.807, 2.05) is 6.92 Å². The number of methoxy groups -OCH3 is 1. The van der Waals surface area contributed by atoms with Crippen molar-refractivity contribution in [2.75, 3.05) is 20.2 Å². The van der Waals surface area contributed by atoms with Crippen LogP contribution in [-0.2, 0) is 9.53 Å². The first-order valence-corrected chi connectivity index (χ1v) is 5.20. The van der Waals surface area contributed by atoms with Crippen molar-refractivity contribution in [3.8, 4) is 0 Å². The van der Waals surface area contributed by atoms with Crippen molar-refractivity contribution in [3.63, 3.8) is 0 Å². The van der Waals surface area contributed by atoms with Crippen molar-refractivity contribution in [1.82, 2.24) is 4.90 Å². The van der Waals surface area contributed by atoms with Gasteiger partial charge in [0.2, 0.25) is 0 Å². The lowest BCUT2D eigenvalue weighted by atomic mass is 10.1. The summed E-state index contributed by atoms with van der Waals surface area (Å²) in [6, 6.07) is 0.